The first-order chi connectivity index (χ1) is 7.72. The summed E-state index contributed by atoms with van der Waals surface area (Å²) in [6, 6.07) is 3.65. The highest BCUT2D eigenvalue weighted by Crippen LogP contribution is 2.11. The van der Waals surface area contributed by atoms with Crippen LogP contribution in [0.5, 0.6) is 0 Å². The van der Waals surface area contributed by atoms with Gasteiger partial charge in [-0.15, -0.1) is 0 Å². The molecule has 0 aliphatic carbocycles. The van der Waals surface area contributed by atoms with Crippen molar-refractivity contribution in [2.45, 2.75) is 39.0 Å². The Bertz CT molecular complexity index is 324. The number of anilines is 1. The number of carbonyl (C=O) groups excluding carboxylic acids is 1. The number of pyridine rings is 1. The zero-order valence-corrected chi connectivity index (χ0v) is 11.1. The van der Waals surface area contributed by atoms with Crippen LogP contribution in [0.4, 0.5) is 5.69 Å². The van der Waals surface area contributed by atoms with Gasteiger partial charge in [-0.2, -0.15) is 0 Å². The zero-order chi connectivity index (χ0) is 11.8. The van der Waals surface area contributed by atoms with Crippen LogP contribution in [0.15, 0.2) is 22.9 Å². The second-order valence-corrected chi connectivity index (χ2v) is 4.54. The summed E-state index contributed by atoms with van der Waals surface area (Å²) in [6.07, 6.45) is 6.72. The molecule has 1 rings (SSSR count). The second-order valence-electron chi connectivity index (χ2n) is 3.73. The number of hydrogen-bond donors (Lipinski definition) is 1. The lowest BCUT2D eigenvalue weighted by atomic mass is 10.1. The normalized spacial score (nSPS) is 10.1. The minimum absolute atomic E-state index is 0.0697. The molecule has 0 saturated carbocycles. The SMILES string of the molecule is CCCCCCC(=O)Nc1ccc(Br)nc1. The maximum absolute atomic E-state index is 11.5. The van der Waals surface area contributed by atoms with E-state index in [2.05, 4.69) is 33.2 Å². The van der Waals surface area contributed by atoms with Crippen LogP contribution in [0.1, 0.15) is 39.0 Å². The lowest BCUT2D eigenvalue weighted by Crippen LogP contribution is -2.11. The summed E-state index contributed by atoms with van der Waals surface area (Å²) in [6.45, 7) is 2.16. The topological polar surface area (TPSA) is 42.0 Å². The fraction of sp³-hybridized carbons (Fsp3) is 0.500. The Morgan fingerprint density at radius 1 is 1.38 bits per heavy atom. The maximum Gasteiger partial charge on any atom is 0.224 e. The van der Waals surface area contributed by atoms with Crippen LogP contribution in [0, 0.1) is 0 Å². The molecule has 0 fully saturated rings. The van der Waals surface area contributed by atoms with Gasteiger partial charge in [0.05, 0.1) is 11.9 Å². The van der Waals surface area contributed by atoms with E-state index in [1.807, 2.05) is 12.1 Å². The predicted molar refractivity (Wildman–Crippen MR) is 69.3 cm³/mol. The summed E-state index contributed by atoms with van der Waals surface area (Å²) in [5.74, 6) is 0.0697. The van der Waals surface area contributed by atoms with E-state index in [4.69, 9.17) is 0 Å². The summed E-state index contributed by atoms with van der Waals surface area (Å²) >= 11 is 3.25. The van der Waals surface area contributed by atoms with E-state index in [1.165, 1.54) is 12.8 Å². The molecule has 1 amide bonds. The second kappa shape index (κ2) is 7.39. The van der Waals surface area contributed by atoms with Crippen LogP contribution in [-0.2, 0) is 4.79 Å². The van der Waals surface area contributed by atoms with E-state index in [9.17, 15) is 4.79 Å². The molecule has 1 heterocycles. The summed E-state index contributed by atoms with van der Waals surface area (Å²) < 4.78 is 0.772. The van der Waals surface area contributed by atoms with Crippen LogP contribution in [0.25, 0.3) is 0 Å². The molecule has 0 unspecified atom stereocenters. The fourth-order valence-electron chi connectivity index (χ4n) is 1.39. The van der Waals surface area contributed by atoms with Gasteiger partial charge in [-0.05, 0) is 34.5 Å². The number of nitrogens with one attached hydrogen (secondary N) is 1. The quantitative estimate of drug-likeness (QED) is 0.639. The molecule has 0 aliphatic heterocycles. The van der Waals surface area contributed by atoms with Gasteiger partial charge in [0.25, 0.3) is 0 Å². The molecule has 16 heavy (non-hydrogen) atoms. The smallest absolute Gasteiger partial charge is 0.224 e. The van der Waals surface area contributed by atoms with Crippen molar-refractivity contribution in [1.82, 2.24) is 4.98 Å². The molecular weight excluding hydrogens is 268 g/mol. The molecule has 0 spiro atoms. The van der Waals surface area contributed by atoms with E-state index in [-0.39, 0.29) is 5.91 Å². The lowest BCUT2D eigenvalue weighted by Gasteiger charge is -2.04. The Kier molecular flexibility index (Phi) is 6.08. The van der Waals surface area contributed by atoms with Gasteiger partial charge >= 0.3 is 0 Å². The summed E-state index contributed by atoms with van der Waals surface area (Å²) in [7, 11) is 0. The fourth-order valence-corrected chi connectivity index (χ4v) is 1.62. The van der Waals surface area contributed by atoms with E-state index in [1.54, 1.807) is 6.20 Å². The van der Waals surface area contributed by atoms with Crippen LogP contribution < -0.4 is 5.32 Å². The Morgan fingerprint density at radius 3 is 2.81 bits per heavy atom. The third-order valence-electron chi connectivity index (χ3n) is 2.27. The van der Waals surface area contributed by atoms with E-state index < -0.39 is 0 Å². The number of rotatable bonds is 6. The lowest BCUT2D eigenvalue weighted by molar-refractivity contribution is -0.116. The first kappa shape index (κ1) is 13.2. The third-order valence-corrected chi connectivity index (χ3v) is 2.74. The Balaban J connectivity index is 2.26. The highest BCUT2D eigenvalue weighted by atomic mass is 79.9. The molecule has 3 nitrogen and oxygen atoms in total. The number of carbonyl (C=O) groups is 1. The molecule has 4 heteroatoms. The standard InChI is InChI=1S/C12H17BrN2O/c1-2-3-4-5-6-12(16)15-10-7-8-11(13)14-9-10/h7-9H,2-6H2,1H3,(H,15,16). The van der Waals surface area contributed by atoms with Crippen molar-refractivity contribution >= 4 is 27.5 Å². The van der Waals surface area contributed by atoms with Crippen molar-refractivity contribution in [1.29, 1.82) is 0 Å². The van der Waals surface area contributed by atoms with Crippen molar-refractivity contribution in [3.8, 4) is 0 Å². The number of nitrogens with zero attached hydrogens (tertiary/aromatic N) is 1. The molecule has 0 aromatic carbocycles. The monoisotopic (exact) mass is 284 g/mol. The number of hydrogen-bond acceptors (Lipinski definition) is 2. The number of aromatic nitrogens is 1. The van der Waals surface area contributed by atoms with Crippen LogP contribution in [0.2, 0.25) is 0 Å². The molecule has 88 valence electrons. The molecule has 0 bridgehead atoms. The predicted octanol–water partition coefficient (Wildman–Crippen LogP) is 3.75. The van der Waals surface area contributed by atoms with E-state index >= 15 is 0 Å². The molecule has 0 aliphatic rings. The third kappa shape index (κ3) is 5.26. The van der Waals surface area contributed by atoms with E-state index in [0.29, 0.717) is 6.42 Å². The van der Waals surface area contributed by atoms with Gasteiger partial charge in [0.15, 0.2) is 0 Å². The van der Waals surface area contributed by atoms with Crippen molar-refractivity contribution in [2.24, 2.45) is 0 Å². The van der Waals surface area contributed by atoms with Crippen LogP contribution >= 0.6 is 15.9 Å². The summed E-state index contributed by atoms with van der Waals surface area (Å²) in [5.41, 5.74) is 0.753. The van der Waals surface area contributed by atoms with Crippen molar-refractivity contribution in [3.05, 3.63) is 22.9 Å². The van der Waals surface area contributed by atoms with E-state index in [0.717, 1.165) is 23.1 Å². The number of unbranched alkanes of at least 4 members (excludes halogenated alkanes) is 3. The van der Waals surface area contributed by atoms with Gasteiger partial charge in [-0.25, -0.2) is 4.98 Å². The van der Waals surface area contributed by atoms with Gasteiger partial charge in [0, 0.05) is 6.42 Å². The van der Waals surface area contributed by atoms with Crippen LogP contribution in [0.3, 0.4) is 0 Å². The maximum atomic E-state index is 11.5. The number of halogens is 1. The number of amides is 1. The van der Waals surface area contributed by atoms with Crippen molar-refractivity contribution < 1.29 is 4.79 Å². The van der Waals surface area contributed by atoms with Gasteiger partial charge in [0.1, 0.15) is 4.60 Å². The van der Waals surface area contributed by atoms with Gasteiger partial charge in [0.2, 0.25) is 5.91 Å². The van der Waals surface area contributed by atoms with Gasteiger partial charge < -0.3 is 5.32 Å². The molecule has 1 aromatic rings. The molecule has 0 radical (unpaired) electrons. The Hall–Kier alpha value is -0.900. The van der Waals surface area contributed by atoms with Crippen molar-refractivity contribution in [3.63, 3.8) is 0 Å². The largest absolute Gasteiger partial charge is 0.325 e. The molecule has 0 atom stereocenters. The minimum Gasteiger partial charge on any atom is -0.325 e. The average Bonchev–Trinajstić information content (AvgIpc) is 2.28. The average molecular weight is 285 g/mol. The highest BCUT2D eigenvalue weighted by Gasteiger charge is 2.01. The highest BCUT2D eigenvalue weighted by molar-refractivity contribution is 9.10. The summed E-state index contributed by atoms with van der Waals surface area (Å²) in [4.78, 5) is 15.6. The zero-order valence-electron chi connectivity index (χ0n) is 9.50. The first-order valence-electron chi connectivity index (χ1n) is 5.63. The molecule has 0 saturated heterocycles. The van der Waals surface area contributed by atoms with Crippen molar-refractivity contribution in [2.75, 3.05) is 5.32 Å². The van der Waals surface area contributed by atoms with Gasteiger partial charge in [-0.1, -0.05) is 26.2 Å². The Morgan fingerprint density at radius 2 is 2.19 bits per heavy atom. The summed E-state index contributed by atoms with van der Waals surface area (Å²) in [5, 5.41) is 2.82. The molecule has 1 aromatic heterocycles. The molecule has 1 N–H and O–H groups in total. The minimum atomic E-state index is 0.0697. The Labute approximate surface area is 105 Å². The van der Waals surface area contributed by atoms with Crippen LogP contribution in [-0.4, -0.2) is 10.9 Å². The first-order valence-corrected chi connectivity index (χ1v) is 6.43. The van der Waals surface area contributed by atoms with Gasteiger partial charge in [-0.3, -0.25) is 4.79 Å². The molecular formula is C12H17BrN2O.